The summed E-state index contributed by atoms with van der Waals surface area (Å²) in [5.41, 5.74) is 15.0. The lowest BCUT2D eigenvalue weighted by Gasteiger charge is -2.36. The van der Waals surface area contributed by atoms with Crippen molar-refractivity contribution in [3.8, 4) is 0 Å². The summed E-state index contributed by atoms with van der Waals surface area (Å²) in [6.45, 7) is 0.867. The Morgan fingerprint density at radius 3 is 1.71 bits per heavy atom. The average molecular weight is 318 g/mol. The van der Waals surface area contributed by atoms with Crippen molar-refractivity contribution in [1.82, 2.24) is 0 Å². The molecule has 3 aromatic rings. The molecule has 0 saturated carbocycles. The van der Waals surface area contributed by atoms with Crippen molar-refractivity contribution in [2.75, 3.05) is 18.9 Å². The number of anilines is 1. The van der Waals surface area contributed by atoms with Crippen molar-refractivity contribution in [2.45, 2.75) is 5.60 Å². The Bertz CT molecular complexity index is 733. The molecule has 0 aliphatic rings. The monoisotopic (exact) mass is 318 g/mol. The van der Waals surface area contributed by atoms with E-state index in [4.69, 9.17) is 16.2 Å². The highest BCUT2D eigenvalue weighted by molar-refractivity contribution is 5.58. The lowest BCUT2D eigenvalue weighted by Crippen LogP contribution is -2.35. The van der Waals surface area contributed by atoms with Gasteiger partial charge in [-0.25, -0.2) is 0 Å². The zero-order valence-electron chi connectivity index (χ0n) is 13.6. The third kappa shape index (κ3) is 2.92. The minimum absolute atomic E-state index is 0.429. The first-order chi connectivity index (χ1) is 11.8. The molecule has 0 radical (unpaired) electrons. The topological polar surface area (TPSA) is 61.3 Å². The van der Waals surface area contributed by atoms with Gasteiger partial charge in [0, 0.05) is 17.8 Å². The van der Waals surface area contributed by atoms with Crippen molar-refractivity contribution in [3.05, 3.63) is 102 Å². The van der Waals surface area contributed by atoms with E-state index in [1.807, 2.05) is 60.7 Å². The fourth-order valence-electron chi connectivity index (χ4n) is 3.10. The summed E-state index contributed by atoms with van der Waals surface area (Å²) in [7, 11) is 0. The van der Waals surface area contributed by atoms with Crippen LogP contribution in [0.5, 0.6) is 0 Å². The molecule has 3 aromatic carbocycles. The van der Waals surface area contributed by atoms with Gasteiger partial charge in [-0.1, -0.05) is 78.9 Å². The van der Waals surface area contributed by atoms with Gasteiger partial charge in [0.2, 0.25) is 0 Å². The number of rotatable bonds is 6. The molecule has 0 atom stereocenters. The van der Waals surface area contributed by atoms with E-state index in [1.165, 1.54) is 0 Å². The predicted molar refractivity (Wildman–Crippen MR) is 98.6 cm³/mol. The number of nitrogen functional groups attached to an aromatic ring is 1. The largest absolute Gasteiger partial charge is 0.398 e. The van der Waals surface area contributed by atoms with Crippen LogP contribution in [-0.2, 0) is 10.3 Å². The van der Waals surface area contributed by atoms with Crippen LogP contribution in [0.3, 0.4) is 0 Å². The zero-order chi connectivity index (χ0) is 16.8. The molecular formula is C21H22N2O. The van der Waals surface area contributed by atoms with Crippen LogP contribution in [0.4, 0.5) is 5.69 Å². The Balaban J connectivity index is 2.31. The fraction of sp³-hybridized carbons (Fsp3) is 0.143. The number of hydrogen-bond acceptors (Lipinski definition) is 3. The third-order valence-electron chi connectivity index (χ3n) is 4.14. The van der Waals surface area contributed by atoms with E-state index < -0.39 is 5.60 Å². The van der Waals surface area contributed by atoms with Gasteiger partial charge in [0.25, 0.3) is 0 Å². The van der Waals surface area contributed by atoms with Crippen molar-refractivity contribution < 1.29 is 4.74 Å². The molecule has 0 bridgehead atoms. The molecule has 122 valence electrons. The van der Waals surface area contributed by atoms with Gasteiger partial charge in [0.15, 0.2) is 0 Å². The fourth-order valence-corrected chi connectivity index (χ4v) is 3.10. The Labute approximate surface area is 142 Å². The van der Waals surface area contributed by atoms with Gasteiger partial charge < -0.3 is 16.2 Å². The predicted octanol–water partition coefficient (Wildman–Crippen LogP) is 3.54. The minimum atomic E-state index is -0.784. The number of benzene rings is 3. The summed E-state index contributed by atoms with van der Waals surface area (Å²) in [6, 6.07) is 28.1. The van der Waals surface area contributed by atoms with Crippen molar-refractivity contribution >= 4 is 5.69 Å². The summed E-state index contributed by atoms with van der Waals surface area (Å²) in [4.78, 5) is 0. The molecule has 0 saturated heterocycles. The van der Waals surface area contributed by atoms with Crippen LogP contribution in [0.1, 0.15) is 16.7 Å². The highest BCUT2D eigenvalue weighted by atomic mass is 16.5. The Morgan fingerprint density at radius 1 is 0.708 bits per heavy atom. The summed E-state index contributed by atoms with van der Waals surface area (Å²) < 4.78 is 6.41. The first-order valence-corrected chi connectivity index (χ1v) is 8.09. The standard InChI is InChI=1S/C21H22N2O/c22-15-16-24-21(17-9-3-1-4-10-17,18-11-5-2-6-12-18)19-13-7-8-14-20(19)23/h1-14H,15-16,22-23H2. The second-order valence-electron chi connectivity index (χ2n) is 5.64. The summed E-state index contributed by atoms with van der Waals surface area (Å²) in [5, 5.41) is 0. The second-order valence-corrected chi connectivity index (χ2v) is 5.64. The molecule has 3 rings (SSSR count). The van der Waals surface area contributed by atoms with Crippen LogP contribution >= 0.6 is 0 Å². The minimum Gasteiger partial charge on any atom is -0.398 e. The highest BCUT2D eigenvalue weighted by Gasteiger charge is 2.38. The molecule has 24 heavy (non-hydrogen) atoms. The molecule has 0 unspecified atom stereocenters. The van der Waals surface area contributed by atoms with Gasteiger partial charge in [0.05, 0.1) is 6.61 Å². The van der Waals surface area contributed by atoms with Crippen LogP contribution in [0, 0.1) is 0 Å². The summed E-state index contributed by atoms with van der Waals surface area (Å²) in [6.07, 6.45) is 0. The Hall–Kier alpha value is -2.62. The first kappa shape index (κ1) is 16.2. The summed E-state index contributed by atoms with van der Waals surface area (Å²) >= 11 is 0. The SMILES string of the molecule is NCCOC(c1ccccc1)(c1ccccc1)c1ccccc1N. The third-order valence-corrected chi connectivity index (χ3v) is 4.14. The Morgan fingerprint density at radius 2 is 1.21 bits per heavy atom. The van der Waals surface area contributed by atoms with Gasteiger partial charge in [-0.2, -0.15) is 0 Å². The van der Waals surface area contributed by atoms with E-state index in [2.05, 4.69) is 24.3 Å². The highest BCUT2D eigenvalue weighted by Crippen LogP contribution is 2.42. The molecule has 0 aliphatic carbocycles. The van der Waals surface area contributed by atoms with Crippen LogP contribution in [0.25, 0.3) is 0 Å². The van der Waals surface area contributed by atoms with E-state index in [9.17, 15) is 0 Å². The van der Waals surface area contributed by atoms with Gasteiger partial charge in [-0.3, -0.25) is 0 Å². The average Bonchev–Trinajstić information content (AvgIpc) is 2.65. The normalized spacial score (nSPS) is 11.4. The number of nitrogens with two attached hydrogens (primary N) is 2. The van der Waals surface area contributed by atoms with E-state index in [0.717, 1.165) is 16.7 Å². The van der Waals surface area contributed by atoms with E-state index >= 15 is 0 Å². The molecule has 0 amide bonds. The van der Waals surface area contributed by atoms with Gasteiger partial charge in [-0.15, -0.1) is 0 Å². The number of para-hydroxylation sites is 1. The van der Waals surface area contributed by atoms with Crippen LogP contribution < -0.4 is 11.5 Å². The van der Waals surface area contributed by atoms with Gasteiger partial charge in [0.1, 0.15) is 5.60 Å². The van der Waals surface area contributed by atoms with Crippen LogP contribution in [0.15, 0.2) is 84.9 Å². The molecule has 0 aliphatic heterocycles. The molecule has 0 heterocycles. The molecule has 0 fully saturated rings. The Kier molecular flexibility index (Phi) is 4.94. The smallest absolute Gasteiger partial charge is 0.145 e. The van der Waals surface area contributed by atoms with E-state index in [0.29, 0.717) is 18.8 Å². The molecule has 3 nitrogen and oxygen atoms in total. The first-order valence-electron chi connectivity index (χ1n) is 8.09. The molecule has 3 heteroatoms. The number of hydrogen-bond donors (Lipinski definition) is 2. The van der Waals surface area contributed by atoms with Crippen LogP contribution in [0.2, 0.25) is 0 Å². The van der Waals surface area contributed by atoms with Gasteiger partial charge >= 0.3 is 0 Å². The molecule has 4 N–H and O–H groups in total. The zero-order valence-corrected chi connectivity index (χ0v) is 13.6. The van der Waals surface area contributed by atoms with Crippen molar-refractivity contribution in [2.24, 2.45) is 5.73 Å². The summed E-state index contributed by atoms with van der Waals surface area (Å²) in [5.74, 6) is 0. The molecular weight excluding hydrogens is 296 g/mol. The lowest BCUT2D eigenvalue weighted by atomic mass is 9.79. The van der Waals surface area contributed by atoms with Crippen molar-refractivity contribution in [1.29, 1.82) is 0 Å². The lowest BCUT2D eigenvalue weighted by molar-refractivity contribution is 0.0185. The maximum absolute atomic E-state index is 6.41. The molecule has 0 aromatic heterocycles. The van der Waals surface area contributed by atoms with Crippen LogP contribution in [-0.4, -0.2) is 13.2 Å². The van der Waals surface area contributed by atoms with Crippen molar-refractivity contribution in [3.63, 3.8) is 0 Å². The van der Waals surface area contributed by atoms with Gasteiger partial charge in [-0.05, 0) is 17.2 Å². The second kappa shape index (κ2) is 7.30. The quantitative estimate of drug-likeness (QED) is 0.540. The van der Waals surface area contributed by atoms with E-state index in [-0.39, 0.29) is 0 Å². The number of ether oxygens (including phenoxy) is 1. The maximum Gasteiger partial charge on any atom is 0.145 e. The van der Waals surface area contributed by atoms with E-state index in [1.54, 1.807) is 0 Å². The molecule has 0 spiro atoms. The maximum atomic E-state index is 6.41.